The summed E-state index contributed by atoms with van der Waals surface area (Å²) in [6.45, 7) is 2.26. The second-order valence-electron chi connectivity index (χ2n) is 14.4. The molecule has 0 aliphatic rings. The van der Waals surface area contributed by atoms with E-state index < -0.39 is 0 Å². The van der Waals surface area contributed by atoms with E-state index in [9.17, 15) is 0 Å². The van der Waals surface area contributed by atoms with Crippen LogP contribution in [0.25, 0.3) is 88.4 Å². The lowest BCUT2D eigenvalue weighted by atomic mass is 9.97. The Hall–Kier alpha value is -6.64. The summed E-state index contributed by atoms with van der Waals surface area (Å²) >= 11 is 0. The molecule has 0 radical (unpaired) electrons. The fraction of sp³-hybridized carbons (Fsp3) is 0.0769. The van der Waals surface area contributed by atoms with Crippen molar-refractivity contribution in [1.82, 2.24) is 9.13 Å². The molecule has 0 fully saturated rings. The van der Waals surface area contributed by atoms with Crippen molar-refractivity contribution in [3.8, 4) is 44.8 Å². The quantitative estimate of drug-likeness (QED) is 0.150. The Kier molecular flexibility index (Phi) is 7.95. The number of fused-ring (bicyclic) bond motifs is 6. The van der Waals surface area contributed by atoms with Gasteiger partial charge in [-0.1, -0.05) is 147 Å². The van der Waals surface area contributed by atoms with Gasteiger partial charge in [0.2, 0.25) is 0 Å². The molecule has 0 aliphatic heterocycles. The van der Waals surface area contributed by atoms with Crippen LogP contribution in [0, 0.1) is 0 Å². The Labute approximate surface area is 316 Å². The maximum atomic E-state index is 2.45. The van der Waals surface area contributed by atoms with Crippen LogP contribution in [0.1, 0.15) is 25.3 Å². The van der Waals surface area contributed by atoms with Gasteiger partial charge in [0.25, 0.3) is 0 Å². The number of unbranched alkanes of at least 4 members (excludes halogenated alkanes) is 1. The first-order valence-corrected chi connectivity index (χ1v) is 19.2. The van der Waals surface area contributed by atoms with E-state index in [0.29, 0.717) is 0 Å². The van der Waals surface area contributed by atoms with Gasteiger partial charge >= 0.3 is 0 Å². The first-order chi connectivity index (χ1) is 26.7. The van der Waals surface area contributed by atoms with Gasteiger partial charge in [-0.05, 0) is 101 Å². The molecule has 2 aromatic heterocycles. The van der Waals surface area contributed by atoms with E-state index in [1.165, 1.54) is 107 Å². The third-order valence-electron chi connectivity index (χ3n) is 11.1. The van der Waals surface area contributed by atoms with E-state index in [2.05, 4.69) is 204 Å². The zero-order valence-electron chi connectivity index (χ0n) is 30.4. The van der Waals surface area contributed by atoms with Crippen LogP contribution in [-0.2, 0) is 6.42 Å². The van der Waals surface area contributed by atoms with Gasteiger partial charge < -0.3 is 9.13 Å². The maximum Gasteiger partial charge on any atom is 0.0541 e. The molecule has 0 saturated carbocycles. The van der Waals surface area contributed by atoms with E-state index in [0.717, 1.165) is 6.42 Å². The highest BCUT2D eigenvalue weighted by Gasteiger charge is 2.18. The van der Waals surface area contributed by atoms with Gasteiger partial charge in [-0.15, -0.1) is 0 Å². The predicted octanol–water partition coefficient (Wildman–Crippen LogP) is 14.2. The van der Waals surface area contributed by atoms with Crippen LogP contribution in [0.15, 0.2) is 188 Å². The van der Waals surface area contributed by atoms with Gasteiger partial charge in [-0.25, -0.2) is 0 Å². The van der Waals surface area contributed by atoms with E-state index in [1.807, 2.05) is 0 Å². The fourth-order valence-electron chi connectivity index (χ4n) is 8.46. The molecule has 2 heteroatoms. The van der Waals surface area contributed by atoms with Crippen LogP contribution in [0.2, 0.25) is 0 Å². The van der Waals surface area contributed by atoms with E-state index in [-0.39, 0.29) is 0 Å². The molecule has 10 rings (SSSR count). The van der Waals surface area contributed by atoms with E-state index >= 15 is 0 Å². The topological polar surface area (TPSA) is 9.86 Å². The van der Waals surface area contributed by atoms with Crippen molar-refractivity contribution in [2.24, 2.45) is 0 Å². The third kappa shape index (κ3) is 5.42. The summed E-state index contributed by atoms with van der Waals surface area (Å²) in [5, 5.41) is 5.03. The number of hydrogen-bond donors (Lipinski definition) is 0. The molecule has 0 atom stereocenters. The van der Waals surface area contributed by atoms with Crippen LogP contribution in [0.5, 0.6) is 0 Å². The molecule has 10 aromatic rings. The highest BCUT2D eigenvalue weighted by Crippen LogP contribution is 2.40. The predicted molar refractivity (Wildman–Crippen MR) is 230 cm³/mol. The van der Waals surface area contributed by atoms with Crippen molar-refractivity contribution in [2.75, 3.05) is 0 Å². The number of para-hydroxylation sites is 4. The van der Waals surface area contributed by atoms with Gasteiger partial charge in [0, 0.05) is 32.8 Å². The molecule has 54 heavy (non-hydrogen) atoms. The number of aromatic nitrogens is 2. The Morgan fingerprint density at radius 1 is 0.370 bits per heavy atom. The summed E-state index contributed by atoms with van der Waals surface area (Å²) in [5.41, 5.74) is 16.0. The highest BCUT2D eigenvalue weighted by atomic mass is 15.0. The SMILES string of the molecule is CCCCc1cccc(-c2ccc(-c3ccccc3-n3c4ccccc4c4cc(-c5ccc6c(c5)c5ccccc5n6-c5ccccc5)ccc43)cc2)c1. The first kappa shape index (κ1) is 32.0. The molecule has 0 spiro atoms. The summed E-state index contributed by atoms with van der Waals surface area (Å²) < 4.78 is 4.83. The van der Waals surface area contributed by atoms with Crippen molar-refractivity contribution in [1.29, 1.82) is 0 Å². The number of benzene rings is 8. The Morgan fingerprint density at radius 2 is 0.907 bits per heavy atom. The minimum atomic E-state index is 1.13. The van der Waals surface area contributed by atoms with Gasteiger partial charge in [0.1, 0.15) is 0 Å². The molecule has 0 aliphatic carbocycles. The Balaban J connectivity index is 1.07. The molecule has 2 nitrogen and oxygen atoms in total. The fourth-order valence-corrected chi connectivity index (χ4v) is 8.46. The second-order valence-corrected chi connectivity index (χ2v) is 14.4. The molecular weight excluding hydrogens is 653 g/mol. The highest BCUT2D eigenvalue weighted by molar-refractivity contribution is 6.13. The zero-order valence-corrected chi connectivity index (χ0v) is 30.4. The Morgan fingerprint density at radius 3 is 1.61 bits per heavy atom. The standard InChI is InChI=1S/C52H40N2/c1-2-3-14-36-15-13-16-39(33-36)37-25-27-38(28-26-37)43-19-7-10-22-48(43)54-50-24-12-9-21-45(50)47-35-41(30-32-52(47)54)40-29-31-51-46(34-40)44-20-8-11-23-49(44)53(51)42-17-5-4-6-18-42/h4-13,15-35H,2-3,14H2,1H3. The molecular formula is C52H40N2. The minimum Gasteiger partial charge on any atom is -0.309 e. The normalized spacial score (nSPS) is 11.6. The number of hydrogen-bond acceptors (Lipinski definition) is 0. The van der Waals surface area contributed by atoms with Crippen LogP contribution in [0.4, 0.5) is 0 Å². The van der Waals surface area contributed by atoms with Crippen molar-refractivity contribution in [3.63, 3.8) is 0 Å². The monoisotopic (exact) mass is 692 g/mol. The molecule has 0 N–H and O–H groups in total. The third-order valence-corrected chi connectivity index (χ3v) is 11.1. The molecule has 0 unspecified atom stereocenters. The minimum absolute atomic E-state index is 1.13. The van der Waals surface area contributed by atoms with Crippen LogP contribution in [0.3, 0.4) is 0 Å². The maximum absolute atomic E-state index is 2.45. The summed E-state index contributed by atoms with van der Waals surface area (Å²) in [6.07, 6.45) is 3.57. The molecule has 0 amide bonds. The summed E-state index contributed by atoms with van der Waals surface area (Å²) in [4.78, 5) is 0. The summed E-state index contributed by atoms with van der Waals surface area (Å²) in [5.74, 6) is 0. The smallest absolute Gasteiger partial charge is 0.0541 e. The molecule has 8 aromatic carbocycles. The summed E-state index contributed by atoms with van der Waals surface area (Å²) in [6, 6.07) is 69.1. The zero-order chi connectivity index (χ0) is 36.0. The molecule has 258 valence electrons. The van der Waals surface area contributed by atoms with Gasteiger partial charge in [0.05, 0.1) is 27.8 Å². The largest absolute Gasteiger partial charge is 0.309 e. The average Bonchev–Trinajstić information content (AvgIpc) is 3.75. The average molecular weight is 693 g/mol. The number of aryl methyl sites for hydroxylation is 1. The molecule has 0 bridgehead atoms. The lowest BCUT2D eigenvalue weighted by Crippen LogP contribution is -1.97. The van der Waals surface area contributed by atoms with Crippen LogP contribution >= 0.6 is 0 Å². The Bertz CT molecular complexity index is 2960. The second kappa shape index (κ2) is 13.4. The summed E-state index contributed by atoms with van der Waals surface area (Å²) in [7, 11) is 0. The number of nitrogens with zero attached hydrogens (tertiary/aromatic N) is 2. The van der Waals surface area contributed by atoms with Crippen molar-refractivity contribution >= 4 is 43.6 Å². The van der Waals surface area contributed by atoms with Crippen molar-refractivity contribution < 1.29 is 0 Å². The van der Waals surface area contributed by atoms with Gasteiger partial charge in [0.15, 0.2) is 0 Å². The lowest BCUT2D eigenvalue weighted by Gasteiger charge is -2.15. The number of rotatable bonds is 8. The van der Waals surface area contributed by atoms with Crippen LogP contribution < -0.4 is 0 Å². The molecule has 0 saturated heterocycles. The first-order valence-electron chi connectivity index (χ1n) is 19.2. The lowest BCUT2D eigenvalue weighted by molar-refractivity contribution is 0.795. The van der Waals surface area contributed by atoms with Crippen LogP contribution in [-0.4, -0.2) is 9.13 Å². The van der Waals surface area contributed by atoms with E-state index in [1.54, 1.807) is 0 Å². The van der Waals surface area contributed by atoms with Crippen molar-refractivity contribution in [2.45, 2.75) is 26.2 Å². The van der Waals surface area contributed by atoms with Gasteiger partial charge in [-0.3, -0.25) is 0 Å². The molecule has 2 heterocycles. The van der Waals surface area contributed by atoms with Gasteiger partial charge in [-0.2, -0.15) is 0 Å². The van der Waals surface area contributed by atoms with E-state index in [4.69, 9.17) is 0 Å². The van der Waals surface area contributed by atoms with Crippen molar-refractivity contribution in [3.05, 3.63) is 194 Å².